The number of hydrogen-bond donors (Lipinski definition) is 2. The van der Waals surface area contributed by atoms with Crippen molar-refractivity contribution < 1.29 is 9.90 Å². The molecule has 0 aliphatic rings. The maximum absolute atomic E-state index is 12.1. The molecule has 5 heteroatoms. The van der Waals surface area contributed by atoms with Crippen LogP contribution in [0.1, 0.15) is 42.4 Å². The Hall–Kier alpha value is -1.88. The zero-order chi connectivity index (χ0) is 14.9. The fraction of sp³-hybridized carbons (Fsp3) is 0.333. The maximum atomic E-state index is 12.1. The summed E-state index contributed by atoms with van der Waals surface area (Å²) in [6, 6.07) is 4.86. The molecule has 0 aliphatic carbocycles. The zero-order valence-electron chi connectivity index (χ0n) is 12.0. The number of anilines is 1. The van der Waals surface area contributed by atoms with Gasteiger partial charge in [-0.25, -0.2) is 4.98 Å². The third-order valence-electron chi connectivity index (χ3n) is 2.96. The van der Waals surface area contributed by atoms with E-state index in [-0.39, 0.29) is 17.1 Å². The van der Waals surface area contributed by atoms with Crippen molar-refractivity contribution in [2.75, 3.05) is 5.32 Å². The van der Waals surface area contributed by atoms with Crippen LogP contribution in [0.3, 0.4) is 0 Å². The van der Waals surface area contributed by atoms with E-state index in [9.17, 15) is 9.90 Å². The molecule has 0 fully saturated rings. The monoisotopic (exact) mass is 290 g/mol. The number of phenolic OH excluding ortho intramolecular Hbond substituents is 1. The molecular formula is C15H18N2O2S. The summed E-state index contributed by atoms with van der Waals surface area (Å²) in [7, 11) is 0. The smallest absolute Gasteiger partial charge is 0.257 e. The average molecular weight is 290 g/mol. The first-order chi connectivity index (χ1) is 9.27. The Balaban J connectivity index is 2.15. The van der Waals surface area contributed by atoms with E-state index in [2.05, 4.69) is 31.1 Å². The van der Waals surface area contributed by atoms with Crippen molar-refractivity contribution in [3.63, 3.8) is 0 Å². The topological polar surface area (TPSA) is 62.2 Å². The van der Waals surface area contributed by atoms with Crippen molar-refractivity contribution in [3.8, 4) is 5.75 Å². The molecule has 0 atom stereocenters. The maximum Gasteiger partial charge on any atom is 0.257 e. The summed E-state index contributed by atoms with van der Waals surface area (Å²) in [6.45, 7) is 8.01. The number of thiazole rings is 1. The number of hydrogen-bond acceptors (Lipinski definition) is 4. The number of aryl methyl sites for hydroxylation is 1. The van der Waals surface area contributed by atoms with Crippen molar-refractivity contribution in [2.24, 2.45) is 0 Å². The van der Waals surface area contributed by atoms with E-state index < -0.39 is 0 Å². The highest BCUT2D eigenvalue weighted by atomic mass is 32.1. The number of amides is 1. The van der Waals surface area contributed by atoms with Gasteiger partial charge in [0.2, 0.25) is 0 Å². The first-order valence-corrected chi connectivity index (χ1v) is 7.22. The van der Waals surface area contributed by atoms with E-state index in [1.807, 2.05) is 5.38 Å². The number of carbonyl (C=O) groups excluding carboxylic acids is 1. The van der Waals surface area contributed by atoms with E-state index >= 15 is 0 Å². The van der Waals surface area contributed by atoms with Crippen LogP contribution < -0.4 is 5.32 Å². The quantitative estimate of drug-likeness (QED) is 0.886. The lowest BCUT2D eigenvalue weighted by Crippen LogP contribution is -2.14. The van der Waals surface area contributed by atoms with Gasteiger partial charge in [-0.3, -0.25) is 10.1 Å². The van der Waals surface area contributed by atoms with Gasteiger partial charge in [-0.2, -0.15) is 0 Å². The van der Waals surface area contributed by atoms with Gasteiger partial charge in [0.05, 0.1) is 5.69 Å². The minimum atomic E-state index is -0.268. The predicted octanol–water partition coefficient (Wildman–Crippen LogP) is 3.71. The van der Waals surface area contributed by atoms with Crippen LogP contribution in [-0.2, 0) is 5.41 Å². The number of aromatic hydroxyl groups is 1. The fourth-order valence-electron chi connectivity index (χ4n) is 1.60. The molecule has 106 valence electrons. The molecule has 0 radical (unpaired) electrons. The van der Waals surface area contributed by atoms with Gasteiger partial charge in [0, 0.05) is 16.4 Å². The molecule has 1 heterocycles. The molecule has 1 amide bonds. The zero-order valence-corrected chi connectivity index (χ0v) is 12.8. The van der Waals surface area contributed by atoms with E-state index in [1.165, 1.54) is 17.4 Å². The lowest BCUT2D eigenvalue weighted by molar-refractivity contribution is 0.102. The van der Waals surface area contributed by atoms with Crippen LogP contribution in [0.2, 0.25) is 0 Å². The summed E-state index contributed by atoms with van der Waals surface area (Å²) in [5.74, 6) is -0.151. The van der Waals surface area contributed by atoms with Crippen molar-refractivity contribution in [2.45, 2.75) is 33.1 Å². The van der Waals surface area contributed by atoms with Crippen molar-refractivity contribution >= 4 is 22.4 Å². The highest BCUT2D eigenvalue weighted by molar-refractivity contribution is 7.14. The van der Waals surface area contributed by atoms with E-state index in [1.54, 1.807) is 19.1 Å². The highest BCUT2D eigenvalue weighted by Gasteiger charge is 2.18. The standard InChI is InChI=1S/C15H18N2O2S/c1-9-5-6-10(7-11(9)18)13(19)17-14-16-12(8-20-14)15(2,3)4/h5-8,18H,1-4H3,(H,16,17,19). The Morgan fingerprint density at radius 2 is 2.05 bits per heavy atom. The molecule has 2 rings (SSSR count). The van der Waals surface area contributed by atoms with Crippen LogP contribution in [0, 0.1) is 6.92 Å². The van der Waals surface area contributed by atoms with Gasteiger partial charge in [0.15, 0.2) is 5.13 Å². The average Bonchev–Trinajstić information content (AvgIpc) is 2.81. The first-order valence-electron chi connectivity index (χ1n) is 6.34. The summed E-state index contributed by atoms with van der Waals surface area (Å²) in [4.78, 5) is 16.5. The largest absolute Gasteiger partial charge is 0.508 e. The molecule has 1 aromatic carbocycles. The molecular weight excluding hydrogens is 272 g/mol. The second-order valence-electron chi connectivity index (χ2n) is 5.74. The first kappa shape index (κ1) is 14.5. The summed E-state index contributed by atoms with van der Waals surface area (Å²) in [5.41, 5.74) is 2.07. The third kappa shape index (κ3) is 3.17. The Morgan fingerprint density at radius 1 is 1.35 bits per heavy atom. The molecule has 0 aliphatic heterocycles. The molecule has 0 spiro atoms. The number of rotatable bonds is 2. The fourth-order valence-corrected chi connectivity index (χ4v) is 2.53. The molecule has 0 bridgehead atoms. The van der Waals surface area contributed by atoms with Gasteiger partial charge < -0.3 is 5.11 Å². The second kappa shape index (κ2) is 5.25. The number of nitrogens with zero attached hydrogens (tertiary/aromatic N) is 1. The van der Waals surface area contributed by atoms with Crippen LogP contribution in [0.15, 0.2) is 23.6 Å². The molecule has 20 heavy (non-hydrogen) atoms. The van der Waals surface area contributed by atoms with E-state index in [0.717, 1.165) is 11.3 Å². The second-order valence-corrected chi connectivity index (χ2v) is 6.60. The molecule has 1 aromatic heterocycles. The Bertz CT molecular complexity index is 642. The predicted molar refractivity (Wildman–Crippen MR) is 81.6 cm³/mol. The van der Waals surface area contributed by atoms with E-state index in [4.69, 9.17) is 0 Å². The minimum Gasteiger partial charge on any atom is -0.508 e. The van der Waals surface area contributed by atoms with Crippen LogP contribution in [0.25, 0.3) is 0 Å². The van der Waals surface area contributed by atoms with Crippen molar-refractivity contribution in [1.29, 1.82) is 0 Å². The van der Waals surface area contributed by atoms with Crippen LogP contribution in [0.4, 0.5) is 5.13 Å². The normalized spacial score (nSPS) is 11.4. The van der Waals surface area contributed by atoms with Gasteiger partial charge in [0.25, 0.3) is 5.91 Å². The number of phenols is 1. The van der Waals surface area contributed by atoms with Crippen LogP contribution in [0.5, 0.6) is 5.75 Å². The summed E-state index contributed by atoms with van der Waals surface area (Å²) >= 11 is 1.40. The van der Waals surface area contributed by atoms with Gasteiger partial charge in [0.1, 0.15) is 5.75 Å². The van der Waals surface area contributed by atoms with Crippen LogP contribution >= 0.6 is 11.3 Å². The van der Waals surface area contributed by atoms with Crippen molar-refractivity contribution in [3.05, 3.63) is 40.4 Å². The van der Waals surface area contributed by atoms with Gasteiger partial charge >= 0.3 is 0 Å². The van der Waals surface area contributed by atoms with E-state index in [0.29, 0.717) is 10.7 Å². The Morgan fingerprint density at radius 3 is 2.60 bits per heavy atom. The Kier molecular flexibility index (Phi) is 3.81. The minimum absolute atomic E-state index is 0.0401. The van der Waals surface area contributed by atoms with Crippen LogP contribution in [-0.4, -0.2) is 16.0 Å². The summed E-state index contributed by atoms with van der Waals surface area (Å²) in [5, 5.41) is 14.9. The molecule has 4 nitrogen and oxygen atoms in total. The number of benzene rings is 1. The third-order valence-corrected chi connectivity index (χ3v) is 3.72. The number of nitrogens with one attached hydrogen (secondary N) is 1. The molecule has 2 N–H and O–H groups in total. The molecule has 0 saturated carbocycles. The molecule has 0 unspecified atom stereocenters. The lowest BCUT2D eigenvalue weighted by atomic mass is 9.93. The van der Waals surface area contributed by atoms with Gasteiger partial charge in [-0.15, -0.1) is 11.3 Å². The highest BCUT2D eigenvalue weighted by Crippen LogP contribution is 2.27. The SMILES string of the molecule is Cc1ccc(C(=O)Nc2nc(C(C)(C)C)cs2)cc1O. The molecule has 0 saturated heterocycles. The lowest BCUT2D eigenvalue weighted by Gasteiger charge is -2.14. The summed E-state index contributed by atoms with van der Waals surface area (Å²) < 4.78 is 0. The van der Waals surface area contributed by atoms with Crippen molar-refractivity contribution in [1.82, 2.24) is 4.98 Å². The Labute approximate surface area is 122 Å². The summed E-state index contributed by atoms with van der Waals surface area (Å²) in [6.07, 6.45) is 0. The molecule has 2 aromatic rings. The number of carbonyl (C=O) groups is 1. The number of aromatic nitrogens is 1. The van der Waals surface area contributed by atoms with Gasteiger partial charge in [-0.05, 0) is 24.6 Å². The van der Waals surface area contributed by atoms with Gasteiger partial charge in [-0.1, -0.05) is 26.8 Å².